The molecule has 0 radical (unpaired) electrons. The summed E-state index contributed by atoms with van der Waals surface area (Å²) in [5, 5.41) is 5.57. The Morgan fingerprint density at radius 1 is 1.09 bits per heavy atom. The summed E-state index contributed by atoms with van der Waals surface area (Å²) in [4.78, 5) is 18.6. The maximum absolute atomic E-state index is 13.7. The SMILES string of the molecule is CC(C)(C)c1cc(C(F)(F)F)n2nc(C(=O)N3CCN(S(=O)(=O)c4cccs4)CC3)cc2n1. The quantitative estimate of drug-likeness (QED) is 0.550. The van der Waals surface area contributed by atoms with E-state index in [0.717, 1.165) is 17.4 Å². The highest BCUT2D eigenvalue weighted by atomic mass is 32.2. The summed E-state index contributed by atoms with van der Waals surface area (Å²) in [6, 6.07) is 5.35. The van der Waals surface area contributed by atoms with Crippen molar-refractivity contribution in [2.24, 2.45) is 0 Å². The van der Waals surface area contributed by atoms with Crippen molar-refractivity contribution in [1.29, 1.82) is 0 Å². The summed E-state index contributed by atoms with van der Waals surface area (Å²) < 4.78 is 68.5. The molecule has 4 rings (SSSR count). The lowest BCUT2D eigenvalue weighted by Gasteiger charge is -2.33. The highest BCUT2D eigenvalue weighted by Gasteiger charge is 2.37. The predicted molar refractivity (Wildman–Crippen MR) is 116 cm³/mol. The van der Waals surface area contributed by atoms with Crippen LogP contribution in [-0.2, 0) is 21.6 Å². The molecule has 0 spiro atoms. The fourth-order valence-electron chi connectivity index (χ4n) is 3.50. The largest absolute Gasteiger partial charge is 0.433 e. The number of hydrogen-bond acceptors (Lipinski definition) is 6. The number of aromatic nitrogens is 3. The number of piperazine rings is 1. The molecule has 0 aliphatic carbocycles. The van der Waals surface area contributed by atoms with Gasteiger partial charge in [-0.15, -0.1) is 11.3 Å². The van der Waals surface area contributed by atoms with Crippen LogP contribution >= 0.6 is 11.3 Å². The van der Waals surface area contributed by atoms with E-state index in [1.54, 1.807) is 32.2 Å². The van der Waals surface area contributed by atoms with Crippen LogP contribution in [0.5, 0.6) is 0 Å². The number of alkyl halides is 3. The van der Waals surface area contributed by atoms with Gasteiger partial charge in [0.15, 0.2) is 11.3 Å². The molecule has 1 aliphatic rings. The number of nitrogens with zero attached hydrogens (tertiary/aromatic N) is 5. The molecule has 0 N–H and O–H groups in total. The molecule has 0 unspecified atom stereocenters. The summed E-state index contributed by atoms with van der Waals surface area (Å²) in [5.41, 5.74) is -1.66. The van der Waals surface area contributed by atoms with Gasteiger partial charge in [0, 0.05) is 37.7 Å². The molecule has 1 aliphatic heterocycles. The lowest BCUT2D eigenvalue weighted by atomic mass is 9.91. The molecular formula is C20H22F3N5O3S2. The second-order valence-electron chi connectivity index (χ2n) is 8.70. The van der Waals surface area contributed by atoms with Crippen LogP contribution < -0.4 is 0 Å². The summed E-state index contributed by atoms with van der Waals surface area (Å²) >= 11 is 1.11. The van der Waals surface area contributed by atoms with Crippen LogP contribution in [0.1, 0.15) is 42.6 Å². The Labute approximate surface area is 192 Å². The molecular weight excluding hydrogens is 479 g/mol. The van der Waals surface area contributed by atoms with Crippen LogP contribution in [0.25, 0.3) is 5.65 Å². The molecule has 3 aromatic heterocycles. The average Bonchev–Trinajstić information content (AvgIpc) is 3.41. The average molecular weight is 502 g/mol. The summed E-state index contributed by atoms with van der Waals surface area (Å²) in [7, 11) is -3.63. The summed E-state index contributed by atoms with van der Waals surface area (Å²) in [6.45, 7) is 5.61. The van der Waals surface area contributed by atoms with Crippen LogP contribution in [-0.4, -0.2) is 64.3 Å². The molecule has 8 nitrogen and oxygen atoms in total. The van der Waals surface area contributed by atoms with Gasteiger partial charge in [-0.2, -0.15) is 22.6 Å². The normalized spacial score (nSPS) is 16.5. The number of rotatable bonds is 3. The third-order valence-corrected chi connectivity index (χ3v) is 8.59. The molecule has 1 saturated heterocycles. The van der Waals surface area contributed by atoms with Crippen LogP contribution in [0.4, 0.5) is 13.2 Å². The van der Waals surface area contributed by atoms with E-state index in [0.29, 0.717) is 4.52 Å². The van der Waals surface area contributed by atoms with Gasteiger partial charge in [-0.25, -0.2) is 17.9 Å². The molecule has 4 heterocycles. The fraction of sp³-hybridized carbons (Fsp3) is 0.450. The van der Waals surface area contributed by atoms with Gasteiger partial charge >= 0.3 is 6.18 Å². The first kappa shape index (κ1) is 23.6. The first-order valence-corrected chi connectivity index (χ1v) is 12.4. The number of fused-ring (bicyclic) bond motifs is 1. The Kier molecular flexibility index (Phi) is 5.78. The molecule has 3 aromatic rings. The highest BCUT2D eigenvalue weighted by molar-refractivity contribution is 7.91. The van der Waals surface area contributed by atoms with Gasteiger partial charge < -0.3 is 4.90 Å². The lowest BCUT2D eigenvalue weighted by molar-refractivity contribution is -0.142. The lowest BCUT2D eigenvalue weighted by Crippen LogP contribution is -2.50. The first-order valence-electron chi connectivity index (χ1n) is 10.1. The third-order valence-electron chi connectivity index (χ3n) is 5.32. The molecule has 1 fully saturated rings. The van der Waals surface area contributed by atoms with Crippen molar-refractivity contribution in [3.63, 3.8) is 0 Å². The summed E-state index contributed by atoms with van der Waals surface area (Å²) in [5.74, 6) is -0.570. The van der Waals surface area contributed by atoms with Crippen molar-refractivity contribution >= 4 is 32.9 Å². The molecule has 178 valence electrons. The van der Waals surface area contributed by atoms with Crippen molar-refractivity contribution in [2.45, 2.75) is 36.6 Å². The van der Waals surface area contributed by atoms with Crippen molar-refractivity contribution in [3.8, 4) is 0 Å². The van der Waals surface area contributed by atoms with Gasteiger partial charge in [-0.05, 0) is 17.5 Å². The van der Waals surface area contributed by atoms with Gasteiger partial charge in [0.1, 0.15) is 9.90 Å². The minimum absolute atomic E-state index is 0.0722. The van der Waals surface area contributed by atoms with E-state index in [1.165, 1.54) is 21.3 Å². The van der Waals surface area contributed by atoms with Gasteiger partial charge in [0.05, 0.1) is 5.69 Å². The second kappa shape index (κ2) is 8.06. The predicted octanol–water partition coefficient (Wildman–Crippen LogP) is 3.25. The molecule has 0 bridgehead atoms. The van der Waals surface area contributed by atoms with E-state index in [1.807, 2.05) is 0 Å². The van der Waals surface area contributed by atoms with Crippen LogP contribution in [0.3, 0.4) is 0 Å². The maximum atomic E-state index is 13.7. The molecule has 33 heavy (non-hydrogen) atoms. The Hall–Kier alpha value is -2.51. The topological polar surface area (TPSA) is 87.9 Å². The molecule has 1 amide bonds. The maximum Gasteiger partial charge on any atom is 0.433 e. The molecule has 0 aromatic carbocycles. The highest BCUT2D eigenvalue weighted by Crippen LogP contribution is 2.33. The van der Waals surface area contributed by atoms with Gasteiger partial charge in [0.2, 0.25) is 0 Å². The van der Waals surface area contributed by atoms with E-state index in [4.69, 9.17) is 0 Å². The first-order chi connectivity index (χ1) is 15.3. The Bertz CT molecular complexity index is 1290. The number of hydrogen-bond donors (Lipinski definition) is 0. The smallest absolute Gasteiger partial charge is 0.335 e. The number of thiophene rings is 1. The minimum Gasteiger partial charge on any atom is -0.335 e. The fourth-order valence-corrected chi connectivity index (χ4v) is 6.06. The summed E-state index contributed by atoms with van der Waals surface area (Å²) in [6.07, 6.45) is -4.69. The van der Waals surface area contributed by atoms with E-state index < -0.39 is 33.2 Å². The van der Waals surface area contributed by atoms with Crippen molar-refractivity contribution < 1.29 is 26.4 Å². The van der Waals surface area contributed by atoms with Crippen molar-refractivity contribution in [3.05, 3.63) is 46.7 Å². The van der Waals surface area contributed by atoms with Crippen LogP contribution in [0.15, 0.2) is 33.9 Å². The van der Waals surface area contributed by atoms with Crippen LogP contribution in [0.2, 0.25) is 0 Å². The van der Waals surface area contributed by atoms with Gasteiger partial charge in [0.25, 0.3) is 15.9 Å². The van der Waals surface area contributed by atoms with E-state index in [-0.39, 0.29) is 47.4 Å². The Morgan fingerprint density at radius 3 is 2.30 bits per heavy atom. The van der Waals surface area contributed by atoms with E-state index in [2.05, 4.69) is 10.1 Å². The van der Waals surface area contributed by atoms with E-state index in [9.17, 15) is 26.4 Å². The molecule has 0 atom stereocenters. The zero-order valence-corrected chi connectivity index (χ0v) is 19.8. The third kappa shape index (κ3) is 4.49. The minimum atomic E-state index is -4.69. The van der Waals surface area contributed by atoms with Crippen molar-refractivity contribution in [2.75, 3.05) is 26.2 Å². The van der Waals surface area contributed by atoms with Crippen LogP contribution in [0, 0.1) is 0 Å². The van der Waals surface area contributed by atoms with E-state index >= 15 is 0 Å². The Balaban J connectivity index is 1.59. The van der Waals surface area contributed by atoms with Gasteiger partial charge in [-0.3, -0.25) is 4.79 Å². The molecule has 0 saturated carbocycles. The number of carbonyl (C=O) groups excluding carboxylic acids is 1. The second-order valence-corrected chi connectivity index (χ2v) is 11.8. The number of halogens is 3. The Morgan fingerprint density at radius 2 is 1.76 bits per heavy atom. The monoisotopic (exact) mass is 501 g/mol. The number of amides is 1. The number of carbonyl (C=O) groups is 1. The zero-order chi connectivity index (χ0) is 24.2. The molecule has 13 heteroatoms. The van der Waals surface area contributed by atoms with Crippen molar-refractivity contribution in [1.82, 2.24) is 23.8 Å². The van der Waals surface area contributed by atoms with Gasteiger partial charge in [-0.1, -0.05) is 26.8 Å². The standard InChI is InChI=1S/C20H22F3N5O3S2/c1-19(2,3)14-12-15(20(21,22)23)28-16(24-14)11-13(25-28)18(29)26-6-8-27(9-7-26)33(30,31)17-5-4-10-32-17/h4-5,10-12H,6-9H2,1-3H3. The zero-order valence-electron chi connectivity index (χ0n) is 18.1. The number of sulfonamides is 1.